The predicted molar refractivity (Wildman–Crippen MR) is 137 cm³/mol. The fraction of sp³-hybridized carbons (Fsp3) is 0.481. The predicted octanol–water partition coefficient (Wildman–Crippen LogP) is 7.03. The first kappa shape index (κ1) is 25.4. The van der Waals surface area contributed by atoms with Crippen LogP contribution in [0.1, 0.15) is 83.1 Å². The van der Waals surface area contributed by atoms with E-state index in [4.69, 9.17) is 0 Å². The van der Waals surface area contributed by atoms with Crippen molar-refractivity contribution in [3.8, 4) is 0 Å². The van der Waals surface area contributed by atoms with Gasteiger partial charge in [0.1, 0.15) is 5.84 Å². The van der Waals surface area contributed by atoms with Gasteiger partial charge in [0.2, 0.25) is 0 Å². The molecule has 34 heavy (non-hydrogen) atoms. The fourth-order valence-electron chi connectivity index (χ4n) is 4.16. The molecule has 0 atom stereocenters. The van der Waals surface area contributed by atoms with Crippen LogP contribution in [-0.4, -0.2) is 16.7 Å². The number of nitro benzene ring substituents is 1. The minimum absolute atomic E-state index is 0.0119. The number of nitrogens with one attached hydrogen (secondary N) is 1. The topological polar surface area (TPSA) is 87.8 Å². The smallest absolute Gasteiger partial charge is 0.269 e. The van der Waals surface area contributed by atoms with Crippen LogP contribution in [0.25, 0.3) is 0 Å². The summed E-state index contributed by atoms with van der Waals surface area (Å²) in [7, 11) is 0. The molecule has 2 aromatic carbocycles. The molecule has 1 aliphatic rings. The number of anilines is 1. The van der Waals surface area contributed by atoms with Crippen LogP contribution < -0.4 is 10.4 Å². The monoisotopic (exact) mass is 464 g/mol. The SMILES string of the molecule is CCCCCCCCCCCCc1ccc(N=C2CC(=O)N(c3ccc([N+](=O)[O-])cc3)N2)cc1. The van der Waals surface area contributed by atoms with E-state index in [0.29, 0.717) is 11.5 Å². The van der Waals surface area contributed by atoms with Crippen LogP contribution in [0.4, 0.5) is 17.1 Å². The number of amides is 1. The molecule has 1 amide bonds. The number of unbranched alkanes of at least 4 members (excludes halogenated alkanes) is 9. The molecule has 0 bridgehead atoms. The van der Waals surface area contributed by atoms with Gasteiger partial charge in [0.25, 0.3) is 11.6 Å². The maximum Gasteiger partial charge on any atom is 0.269 e. The molecule has 7 nitrogen and oxygen atoms in total. The Bertz CT molecular complexity index is 955. The maximum atomic E-state index is 12.4. The lowest BCUT2D eigenvalue weighted by Gasteiger charge is -2.15. The van der Waals surface area contributed by atoms with E-state index in [2.05, 4.69) is 29.5 Å². The standard InChI is InChI=1S/C27H36N4O3/c1-2-3-4-5-6-7-8-9-10-11-12-22-13-15-23(16-14-22)28-26-21-27(32)30(29-26)24-17-19-25(20-18-24)31(33)34/h13-20H,2-12,21H2,1H3,(H,28,29). The number of non-ortho nitro benzene ring substituents is 1. The molecular weight excluding hydrogens is 428 g/mol. The number of hydrogen-bond donors (Lipinski definition) is 1. The van der Waals surface area contributed by atoms with Gasteiger partial charge in [-0.3, -0.25) is 20.3 Å². The lowest BCUT2D eigenvalue weighted by atomic mass is 10.0. The van der Waals surface area contributed by atoms with Crippen LogP contribution in [0, 0.1) is 10.1 Å². The Hall–Kier alpha value is -3.22. The molecule has 0 saturated carbocycles. The Balaban J connectivity index is 1.39. The second-order valence-electron chi connectivity index (χ2n) is 8.95. The normalized spacial score (nSPS) is 14.6. The molecule has 0 radical (unpaired) electrons. The molecule has 1 fully saturated rings. The number of nitro groups is 1. The average Bonchev–Trinajstić information content (AvgIpc) is 3.21. The van der Waals surface area contributed by atoms with Crippen LogP contribution >= 0.6 is 0 Å². The minimum Gasteiger partial charge on any atom is -0.278 e. The number of aliphatic imine (C=N–C) groups is 1. The van der Waals surface area contributed by atoms with Crippen LogP contribution in [0.3, 0.4) is 0 Å². The van der Waals surface area contributed by atoms with Gasteiger partial charge in [-0.15, -0.1) is 0 Å². The zero-order valence-corrected chi connectivity index (χ0v) is 20.2. The van der Waals surface area contributed by atoms with Gasteiger partial charge in [0, 0.05) is 12.1 Å². The lowest BCUT2D eigenvalue weighted by Crippen LogP contribution is -2.35. The van der Waals surface area contributed by atoms with E-state index < -0.39 is 4.92 Å². The molecule has 0 aliphatic carbocycles. The first-order valence-electron chi connectivity index (χ1n) is 12.6. The van der Waals surface area contributed by atoms with Gasteiger partial charge in [-0.2, -0.15) is 0 Å². The zero-order chi connectivity index (χ0) is 24.2. The third-order valence-electron chi connectivity index (χ3n) is 6.15. The lowest BCUT2D eigenvalue weighted by molar-refractivity contribution is -0.384. The van der Waals surface area contributed by atoms with Crippen molar-refractivity contribution < 1.29 is 9.72 Å². The molecule has 1 saturated heterocycles. The molecule has 2 aromatic rings. The van der Waals surface area contributed by atoms with E-state index in [9.17, 15) is 14.9 Å². The highest BCUT2D eigenvalue weighted by molar-refractivity contribution is 6.14. The summed E-state index contributed by atoms with van der Waals surface area (Å²) in [5, 5.41) is 12.2. The van der Waals surface area contributed by atoms with Crippen molar-refractivity contribution in [2.45, 2.75) is 84.0 Å². The van der Waals surface area contributed by atoms with Crippen LogP contribution in [-0.2, 0) is 11.2 Å². The summed E-state index contributed by atoms with van der Waals surface area (Å²) in [6.45, 7) is 2.26. The molecule has 0 unspecified atom stereocenters. The number of benzene rings is 2. The van der Waals surface area contributed by atoms with Gasteiger partial charge in [-0.1, -0.05) is 76.8 Å². The molecule has 0 aromatic heterocycles. The summed E-state index contributed by atoms with van der Waals surface area (Å²) >= 11 is 0. The van der Waals surface area contributed by atoms with Gasteiger partial charge in [-0.05, 0) is 42.7 Å². The number of nitrogens with zero attached hydrogens (tertiary/aromatic N) is 3. The summed E-state index contributed by atoms with van der Waals surface area (Å²) in [4.78, 5) is 27.3. The van der Waals surface area contributed by atoms with E-state index >= 15 is 0 Å². The minimum atomic E-state index is -0.462. The zero-order valence-electron chi connectivity index (χ0n) is 20.2. The van der Waals surface area contributed by atoms with Crippen molar-refractivity contribution in [1.29, 1.82) is 0 Å². The number of carbonyl (C=O) groups is 1. The molecule has 1 N–H and O–H groups in total. The number of hydrogen-bond acceptors (Lipinski definition) is 4. The molecular formula is C27H36N4O3. The molecule has 1 heterocycles. The second kappa shape index (κ2) is 13.5. The molecule has 3 rings (SSSR count). The Morgan fingerprint density at radius 2 is 1.47 bits per heavy atom. The molecule has 1 aliphatic heterocycles. The van der Waals surface area contributed by atoms with Crippen molar-refractivity contribution in [3.63, 3.8) is 0 Å². The number of amidine groups is 1. The third kappa shape index (κ3) is 7.97. The third-order valence-corrected chi connectivity index (χ3v) is 6.15. The highest BCUT2D eigenvalue weighted by atomic mass is 16.6. The van der Waals surface area contributed by atoms with Crippen molar-refractivity contribution in [2.24, 2.45) is 4.99 Å². The number of hydrazine groups is 1. The maximum absolute atomic E-state index is 12.4. The number of carbonyl (C=O) groups excluding carboxylic acids is 1. The van der Waals surface area contributed by atoms with E-state index in [1.165, 1.54) is 86.9 Å². The highest BCUT2D eigenvalue weighted by Gasteiger charge is 2.27. The summed E-state index contributed by atoms with van der Waals surface area (Å²) < 4.78 is 0. The van der Waals surface area contributed by atoms with Crippen molar-refractivity contribution >= 4 is 28.8 Å². The second-order valence-corrected chi connectivity index (χ2v) is 8.95. The Morgan fingerprint density at radius 3 is 2.06 bits per heavy atom. The van der Waals surface area contributed by atoms with Crippen molar-refractivity contribution in [1.82, 2.24) is 5.43 Å². The van der Waals surface area contributed by atoms with Gasteiger partial charge >= 0.3 is 0 Å². The van der Waals surface area contributed by atoms with E-state index in [-0.39, 0.29) is 18.0 Å². The van der Waals surface area contributed by atoms with E-state index in [1.54, 1.807) is 12.1 Å². The van der Waals surface area contributed by atoms with Gasteiger partial charge in [0.15, 0.2) is 0 Å². The summed E-state index contributed by atoms with van der Waals surface area (Å²) in [6.07, 6.45) is 14.6. The summed E-state index contributed by atoms with van der Waals surface area (Å²) in [6, 6.07) is 14.1. The Kier molecular flexibility index (Phi) is 10.1. The van der Waals surface area contributed by atoms with Crippen molar-refractivity contribution in [2.75, 3.05) is 5.01 Å². The average molecular weight is 465 g/mol. The first-order valence-corrected chi connectivity index (χ1v) is 12.6. The van der Waals surface area contributed by atoms with E-state index in [1.807, 2.05) is 12.1 Å². The van der Waals surface area contributed by atoms with Crippen LogP contribution in [0.2, 0.25) is 0 Å². The molecule has 7 heteroatoms. The Morgan fingerprint density at radius 1 is 0.882 bits per heavy atom. The Labute approximate surface area is 202 Å². The van der Waals surface area contributed by atoms with Gasteiger partial charge < -0.3 is 0 Å². The number of rotatable bonds is 14. The fourth-order valence-corrected chi connectivity index (χ4v) is 4.16. The highest BCUT2D eigenvalue weighted by Crippen LogP contribution is 2.23. The largest absolute Gasteiger partial charge is 0.278 e. The van der Waals surface area contributed by atoms with Crippen LogP contribution in [0.15, 0.2) is 53.5 Å². The molecule has 0 spiro atoms. The van der Waals surface area contributed by atoms with E-state index in [0.717, 1.165) is 12.1 Å². The number of aryl methyl sites for hydroxylation is 1. The van der Waals surface area contributed by atoms with Crippen molar-refractivity contribution in [3.05, 3.63) is 64.2 Å². The van der Waals surface area contributed by atoms with Gasteiger partial charge in [0.05, 0.1) is 22.7 Å². The molecule has 182 valence electrons. The van der Waals surface area contributed by atoms with Crippen LogP contribution in [0.5, 0.6) is 0 Å². The summed E-state index contributed by atoms with van der Waals surface area (Å²) in [5.74, 6) is 0.413. The first-order chi connectivity index (χ1) is 16.6. The quantitative estimate of drug-likeness (QED) is 0.185. The van der Waals surface area contributed by atoms with Gasteiger partial charge in [-0.25, -0.2) is 10.0 Å². The summed E-state index contributed by atoms with van der Waals surface area (Å²) in [5.41, 5.74) is 5.65.